The molecule has 0 radical (unpaired) electrons. The summed E-state index contributed by atoms with van der Waals surface area (Å²) in [5.74, 6) is -1.76. The molecule has 0 aliphatic carbocycles. The van der Waals surface area contributed by atoms with Crippen LogP contribution in [-0.2, 0) is 0 Å². The zero-order valence-corrected chi connectivity index (χ0v) is 7.91. The second-order valence-corrected chi connectivity index (χ2v) is 2.90. The Kier molecular flexibility index (Phi) is 3.09. The molecule has 0 spiro atoms. The Morgan fingerprint density at radius 2 is 1.93 bits per heavy atom. The highest BCUT2D eigenvalue weighted by Gasteiger charge is 2.14. The molecule has 0 saturated heterocycles. The fourth-order valence-corrected chi connectivity index (χ4v) is 1.21. The Morgan fingerprint density at radius 1 is 1.36 bits per heavy atom. The lowest BCUT2D eigenvalue weighted by Gasteiger charge is -2.05. The Hall–Kier alpha value is -1.55. The van der Waals surface area contributed by atoms with Gasteiger partial charge in [-0.3, -0.25) is 4.79 Å². The van der Waals surface area contributed by atoms with E-state index >= 15 is 0 Å². The number of carbonyl (C=O) groups is 2. The minimum Gasteiger partial charge on any atom is -0.478 e. The summed E-state index contributed by atoms with van der Waals surface area (Å²) in [6.07, 6.45) is 0. The number of rotatable bonds is 3. The fourth-order valence-electron chi connectivity index (χ4n) is 1.07. The Morgan fingerprint density at radius 3 is 2.43 bits per heavy atom. The maximum atomic E-state index is 11.2. The van der Waals surface area contributed by atoms with Crippen LogP contribution < -0.4 is 5.73 Å². The van der Waals surface area contributed by atoms with E-state index in [4.69, 9.17) is 22.4 Å². The van der Waals surface area contributed by atoms with Gasteiger partial charge in [0.25, 0.3) is 0 Å². The van der Waals surface area contributed by atoms with Gasteiger partial charge >= 0.3 is 5.97 Å². The third-order valence-electron chi connectivity index (χ3n) is 1.76. The minimum atomic E-state index is -1.16. The van der Waals surface area contributed by atoms with Crippen molar-refractivity contribution in [2.75, 3.05) is 11.6 Å². The zero-order chi connectivity index (χ0) is 10.7. The van der Waals surface area contributed by atoms with Crippen LogP contribution in [-0.4, -0.2) is 22.7 Å². The first kappa shape index (κ1) is 10.5. The van der Waals surface area contributed by atoms with Gasteiger partial charge in [0, 0.05) is 5.56 Å². The number of carboxylic acids is 1. The number of hydrogen-bond acceptors (Lipinski definition) is 3. The topological polar surface area (TPSA) is 80.4 Å². The zero-order valence-electron chi connectivity index (χ0n) is 7.16. The van der Waals surface area contributed by atoms with E-state index in [1.54, 1.807) is 0 Å². The van der Waals surface area contributed by atoms with E-state index in [1.807, 2.05) is 0 Å². The first-order valence-corrected chi connectivity index (χ1v) is 4.32. The largest absolute Gasteiger partial charge is 0.478 e. The van der Waals surface area contributed by atoms with Crippen LogP contribution in [0.3, 0.4) is 0 Å². The second kappa shape index (κ2) is 4.11. The van der Waals surface area contributed by atoms with E-state index in [-0.39, 0.29) is 28.5 Å². The summed E-state index contributed by atoms with van der Waals surface area (Å²) in [6.45, 7) is 0. The first-order valence-electron chi connectivity index (χ1n) is 3.79. The molecule has 5 heteroatoms. The highest BCUT2D eigenvalue weighted by atomic mass is 35.5. The van der Waals surface area contributed by atoms with Gasteiger partial charge in [0.1, 0.15) is 0 Å². The molecule has 3 N–H and O–H groups in total. The monoisotopic (exact) mass is 213 g/mol. The Balaban J connectivity index is 3.27. The molecule has 0 aliphatic heterocycles. The molecule has 0 aliphatic rings. The van der Waals surface area contributed by atoms with E-state index in [9.17, 15) is 9.59 Å². The summed E-state index contributed by atoms with van der Waals surface area (Å²) < 4.78 is 0. The van der Waals surface area contributed by atoms with Gasteiger partial charge in [0.2, 0.25) is 0 Å². The average Bonchev–Trinajstić information content (AvgIpc) is 2.16. The van der Waals surface area contributed by atoms with Gasteiger partial charge in [-0.25, -0.2) is 4.79 Å². The number of Topliss-reactive ketones (excluding diaryl/α,β-unsaturated/α-hetero) is 1. The average molecular weight is 214 g/mol. The van der Waals surface area contributed by atoms with Crippen LogP contribution >= 0.6 is 11.6 Å². The maximum Gasteiger partial charge on any atom is 0.337 e. The van der Waals surface area contributed by atoms with Crippen LogP contribution in [0.15, 0.2) is 18.2 Å². The number of alkyl halides is 1. The van der Waals surface area contributed by atoms with E-state index in [0.717, 1.165) is 0 Å². The smallest absolute Gasteiger partial charge is 0.337 e. The molecule has 0 atom stereocenters. The molecular weight excluding hydrogens is 206 g/mol. The van der Waals surface area contributed by atoms with Gasteiger partial charge in [0.05, 0.1) is 17.1 Å². The predicted octanol–water partition coefficient (Wildman–Crippen LogP) is 1.39. The first-order chi connectivity index (χ1) is 6.57. The summed E-state index contributed by atoms with van der Waals surface area (Å²) in [7, 11) is 0. The van der Waals surface area contributed by atoms with Crippen LogP contribution in [0, 0.1) is 0 Å². The molecule has 0 saturated carbocycles. The molecule has 4 nitrogen and oxygen atoms in total. The van der Waals surface area contributed by atoms with Crippen molar-refractivity contribution in [2.24, 2.45) is 0 Å². The summed E-state index contributed by atoms with van der Waals surface area (Å²) >= 11 is 5.34. The minimum absolute atomic E-state index is 0.0364. The number of nitrogens with two attached hydrogens (primary N) is 1. The fraction of sp³-hybridized carbons (Fsp3) is 0.111. The van der Waals surface area contributed by atoms with Gasteiger partial charge in [0.15, 0.2) is 5.78 Å². The standard InChI is InChI=1S/C9H8ClNO3/c10-4-7(12)5-2-1-3-6(8(5)11)9(13)14/h1-3H,4,11H2,(H,13,14). The van der Waals surface area contributed by atoms with Crippen molar-refractivity contribution in [3.05, 3.63) is 29.3 Å². The lowest BCUT2D eigenvalue weighted by atomic mass is 10.0. The lowest BCUT2D eigenvalue weighted by molar-refractivity contribution is 0.0698. The van der Waals surface area contributed by atoms with Gasteiger partial charge in [-0.1, -0.05) is 6.07 Å². The van der Waals surface area contributed by atoms with Gasteiger partial charge in [-0.15, -0.1) is 11.6 Å². The van der Waals surface area contributed by atoms with Crippen molar-refractivity contribution >= 4 is 29.0 Å². The molecule has 1 aromatic rings. The number of aromatic carboxylic acids is 1. The summed E-state index contributed by atoms with van der Waals surface area (Å²) in [6, 6.07) is 4.24. The predicted molar refractivity (Wildman–Crippen MR) is 52.9 cm³/mol. The van der Waals surface area contributed by atoms with Crippen LogP contribution in [0.5, 0.6) is 0 Å². The van der Waals surface area contributed by atoms with E-state index in [2.05, 4.69) is 0 Å². The van der Waals surface area contributed by atoms with Crippen molar-refractivity contribution in [2.45, 2.75) is 0 Å². The third kappa shape index (κ3) is 1.85. The van der Waals surface area contributed by atoms with Gasteiger partial charge in [-0.05, 0) is 12.1 Å². The van der Waals surface area contributed by atoms with Crippen molar-refractivity contribution < 1.29 is 14.7 Å². The molecular formula is C9H8ClNO3. The molecule has 74 valence electrons. The number of para-hydroxylation sites is 1. The highest BCUT2D eigenvalue weighted by molar-refractivity contribution is 6.31. The Bertz CT molecular complexity index is 390. The van der Waals surface area contributed by atoms with Crippen molar-refractivity contribution in [3.63, 3.8) is 0 Å². The van der Waals surface area contributed by atoms with Crippen molar-refractivity contribution in [1.29, 1.82) is 0 Å². The molecule has 0 unspecified atom stereocenters. The number of carboxylic acid groups (broad SMARTS) is 1. The quantitative estimate of drug-likeness (QED) is 0.452. The molecule has 1 rings (SSSR count). The number of anilines is 1. The SMILES string of the molecule is Nc1c(C(=O)O)cccc1C(=O)CCl. The van der Waals surface area contributed by atoms with Crippen LogP contribution in [0.2, 0.25) is 0 Å². The van der Waals surface area contributed by atoms with E-state index < -0.39 is 5.97 Å². The molecule has 1 aromatic carbocycles. The number of hydrogen-bond donors (Lipinski definition) is 2. The molecule has 0 amide bonds. The van der Waals surface area contributed by atoms with Crippen LogP contribution in [0.4, 0.5) is 5.69 Å². The van der Waals surface area contributed by atoms with E-state index in [0.29, 0.717) is 0 Å². The maximum absolute atomic E-state index is 11.2. The van der Waals surface area contributed by atoms with E-state index in [1.165, 1.54) is 18.2 Å². The summed E-state index contributed by atoms with van der Waals surface area (Å²) in [5.41, 5.74) is 5.53. The molecule has 14 heavy (non-hydrogen) atoms. The highest BCUT2D eigenvalue weighted by Crippen LogP contribution is 2.18. The number of nitrogen functional groups attached to an aromatic ring is 1. The van der Waals surface area contributed by atoms with Crippen LogP contribution in [0.1, 0.15) is 20.7 Å². The summed E-state index contributed by atoms with van der Waals surface area (Å²) in [4.78, 5) is 21.9. The molecule has 0 aromatic heterocycles. The number of benzene rings is 1. The van der Waals surface area contributed by atoms with Crippen LogP contribution in [0.25, 0.3) is 0 Å². The number of carbonyl (C=O) groups excluding carboxylic acids is 1. The third-order valence-corrected chi connectivity index (χ3v) is 2.00. The Labute approximate surface area is 85.3 Å². The van der Waals surface area contributed by atoms with Crippen molar-refractivity contribution in [1.82, 2.24) is 0 Å². The number of ketones is 1. The van der Waals surface area contributed by atoms with Gasteiger partial charge in [-0.2, -0.15) is 0 Å². The second-order valence-electron chi connectivity index (χ2n) is 2.63. The van der Waals surface area contributed by atoms with Crippen molar-refractivity contribution in [3.8, 4) is 0 Å². The molecule has 0 heterocycles. The molecule has 0 fully saturated rings. The van der Waals surface area contributed by atoms with Gasteiger partial charge < -0.3 is 10.8 Å². The number of halogens is 1. The lowest BCUT2D eigenvalue weighted by Crippen LogP contribution is -2.10. The molecule has 0 bridgehead atoms. The summed E-state index contributed by atoms with van der Waals surface area (Å²) in [5, 5.41) is 8.72. The normalized spacial score (nSPS) is 9.79.